The zero-order valence-corrected chi connectivity index (χ0v) is 21.5. The summed E-state index contributed by atoms with van der Waals surface area (Å²) in [4.78, 5) is 37.7. The largest absolute Gasteiger partial charge is 0.463 e. The maximum atomic E-state index is 12.8. The first kappa shape index (κ1) is 29.0. The van der Waals surface area contributed by atoms with Crippen LogP contribution in [0.2, 0.25) is 0 Å². The number of nitrogens with one attached hydrogen (secondary N) is 1. The Kier molecular flexibility index (Phi) is 11.1. The zero-order valence-electron chi connectivity index (χ0n) is 20.7. The number of hydrogen-bond donors (Lipinski definition) is 1. The quantitative estimate of drug-likeness (QED) is 0.312. The third-order valence-corrected chi connectivity index (χ3v) is 4.72. The molecule has 0 saturated heterocycles. The summed E-state index contributed by atoms with van der Waals surface area (Å²) in [5.74, 6) is -1.39. The predicted molar refractivity (Wildman–Crippen MR) is 134 cm³/mol. The van der Waals surface area contributed by atoms with Gasteiger partial charge in [0.25, 0.3) is 0 Å². The van der Waals surface area contributed by atoms with Crippen LogP contribution in [-0.2, 0) is 28.6 Å². The number of carbonyl (C=O) groups excluding carboxylic acids is 3. The summed E-state index contributed by atoms with van der Waals surface area (Å²) in [6, 6.07) is 7.40. The Hall–Kier alpha value is -3.06. The van der Waals surface area contributed by atoms with E-state index >= 15 is 0 Å². The van der Waals surface area contributed by atoms with E-state index in [-0.39, 0.29) is 38.0 Å². The summed E-state index contributed by atoms with van der Waals surface area (Å²) in [5.41, 5.74) is 2.51. The molecule has 1 N–H and O–H groups in total. The Morgan fingerprint density at radius 2 is 1.62 bits per heavy atom. The molecule has 0 amide bonds. The van der Waals surface area contributed by atoms with Crippen molar-refractivity contribution in [2.75, 3.05) is 13.2 Å². The van der Waals surface area contributed by atoms with Gasteiger partial charge in [-0.3, -0.25) is 0 Å². The van der Waals surface area contributed by atoms with Crippen molar-refractivity contribution in [1.29, 1.82) is 0 Å². The van der Waals surface area contributed by atoms with Crippen LogP contribution < -0.4 is 5.32 Å². The van der Waals surface area contributed by atoms with Crippen molar-refractivity contribution >= 4 is 42.1 Å². The molecule has 34 heavy (non-hydrogen) atoms. The van der Waals surface area contributed by atoms with Gasteiger partial charge < -0.3 is 19.5 Å². The van der Waals surface area contributed by atoms with E-state index in [4.69, 9.17) is 14.2 Å². The number of dihydropyridines is 1. The van der Waals surface area contributed by atoms with Crippen LogP contribution in [0.5, 0.6) is 0 Å². The third-order valence-electron chi connectivity index (χ3n) is 4.72. The highest BCUT2D eigenvalue weighted by Crippen LogP contribution is 2.30. The second-order valence-electron chi connectivity index (χ2n) is 8.40. The first-order valence-corrected chi connectivity index (χ1v) is 11.2. The summed E-state index contributed by atoms with van der Waals surface area (Å²) < 4.78 is 15.9. The van der Waals surface area contributed by atoms with Gasteiger partial charge in [0.15, 0.2) is 0 Å². The second kappa shape index (κ2) is 13.0. The van der Waals surface area contributed by atoms with E-state index < -0.39 is 17.5 Å². The van der Waals surface area contributed by atoms with Gasteiger partial charge in [0.1, 0.15) is 5.60 Å². The molecule has 0 atom stereocenters. The van der Waals surface area contributed by atoms with Gasteiger partial charge in [-0.15, -0.1) is 12.4 Å². The standard InChI is InChI=1S/C26H33NO6.ClH/c1-7-17(24(29)33-26(4,5)6)14-18-12-10-11-13-20(18)22-21(25(30)32-9-3)15-19(16-27-22)23(28)31-8-2;/h10-14,16,27H,7-9,15H2,1-6H3;1H/b17-14+;. The zero-order chi connectivity index (χ0) is 24.6. The van der Waals surface area contributed by atoms with E-state index in [1.165, 1.54) is 0 Å². The first-order chi connectivity index (χ1) is 15.6. The van der Waals surface area contributed by atoms with Crippen molar-refractivity contribution in [2.45, 2.75) is 60.0 Å². The van der Waals surface area contributed by atoms with Crippen LogP contribution in [0.15, 0.2) is 47.2 Å². The fourth-order valence-electron chi connectivity index (χ4n) is 3.25. The van der Waals surface area contributed by atoms with Crippen LogP contribution in [0.25, 0.3) is 11.8 Å². The van der Waals surface area contributed by atoms with Crippen molar-refractivity contribution in [2.24, 2.45) is 0 Å². The number of rotatable bonds is 8. The number of halogens is 1. The lowest BCUT2D eigenvalue weighted by Crippen LogP contribution is -2.25. The van der Waals surface area contributed by atoms with Gasteiger partial charge in [-0.25, -0.2) is 14.4 Å². The average Bonchev–Trinajstić information content (AvgIpc) is 2.76. The Morgan fingerprint density at radius 1 is 1.00 bits per heavy atom. The topological polar surface area (TPSA) is 90.9 Å². The van der Waals surface area contributed by atoms with Crippen LogP contribution in [0, 0.1) is 0 Å². The Bertz CT molecular complexity index is 1000. The van der Waals surface area contributed by atoms with Crippen molar-refractivity contribution < 1.29 is 28.6 Å². The van der Waals surface area contributed by atoms with Gasteiger partial charge in [0.2, 0.25) is 0 Å². The molecule has 0 saturated carbocycles. The number of ether oxygens (including phenoxy) is 3. The number of benzene rings is 1. The van der Waals surface area contributed by atoms with Crippen LogP contribution >= 0.6 is 12.4 Å². The molecule has 0 bridgehead atoms. The monoisotopic (exact) mass is 491 g/mol. The van der Waals surface area contributed by atoms with Crippen molar-refractivity contribution in [3.63, 3.8) is 0 Å². The molecule has 8 heteroatoms. The Labute approximate surface area is 207 Å². The second-order valence-corrected chi connectivity index (χ2v) is 8.40. The molecular weight excluding hydrogens is 458 g/mol. The van der Waals surface area contributed by atoms with Crippen LogP contribution in [0.3, 0.4) is 0 Å². The summed E-state index contributed by atoms with van der Waals surface area (Å²) in [6.07, 6.45) is 3.87. The van der Waals surface area contributed by atoms with Crippen molar-refractivity contribution in [3.8, 4) is 0 Å². The van der Waals surface area contributed by atoms with E-state index in [2.05, 4.69) is 5.32 Å². The summed E-state index contributed by atoms with van der Waals surface area (Å²) in [7, 11) is 0. The molecule has 0 aliphatic carbocycles. The fourth-order valence-corrected chi connectivity index (χ4v) is 3.25. The van der Waals surface area contributed by atoms with Gasteiger partial charge in [0.05, 0.1) is 30.1 Å². The molecule has 1 aromatic carbocycles. The summed E-state index contributed by atoms with van der Waals surface area (Å²) in [6.45, 7) is 11.2. The third kappa shape index (κ3) is 7.76. The van der Waals surface area contributed by atoms with E-state index in [9.17, 15) is 14.4 Å². The number of carbonyl (C=O) groups is 3. The molecule has 0 spiro atoms. The van der Waals surface area contributed by atoms with E-state index in [0.717, 1.165) is 5.56 Å². The lowest BCUT2D eigenvalue weighted by atomic mass is 9.93. The molecule has 1 aromatic rings. The lowest BCUT2D eigenvalue weighted by molar-refractivity contribution is -0.150. The highest BCUT2D eigenvalue weighted by molar-refractivity contribution is 6.03. The first-order valence-electron chi connectivity index (χ1n) is 11.2. The normalized spacial score (nSPS) is 13.8. The van der Waals surface area contributed by atoms with Crippen molar-refractivity contribution in [1.82, 2.24) is 5.32 Å². The Balaban J connectivity index is 0.00000578. The van der Waals surface area contributed by atoms with Crippen LogP contribution in [0.4, 0.5) is 0 Å². The summed E-state index contributed by atoms with van der Waals surface area (Å²) in [5, 5.41) is 3.08. The average molecular weight is 492 g/mol. The fraction of sp³-hybridized carbons (Fsp3) is 0.423. The van der Waals surface area contributed by atoms with Gasteiger partial charge in [-0.05, 0) is 52.7 Å². The molecular formula is C26H34ClNO6. The molecule has 0 aromatic heterocycles. The maximum absolute atomic E-state index is 12.8. The minimum absolute atomic E-state index is 0. The molecule has 0 unspecified atom stereocenters. The van der Waals surface area contributed by atoms with Gasteiger partial charge in [-0.1, -0.05) is 31.2 Å². The Morgan fingerprint density at radius 3 is 2.21 bits per heavy atom. The highest BCUT2D eigenvalue weighted by atomic mass is 35.5. The molecule has 1 heterocycles. The smallest absolute Gasteiger partial charge is 0.336 e. The van der Waals surface area contributed by atoms with E-state index in [1.54, 1.807) is 26.1 Å². The minimum atomic E-state index is -0.607. The molecule has 0 fully saturated rings. The SMILES string of the molecule is CCOC(=O)C1=CNC(c2ccccc2/C=C(\CC)C(=O)OC(C)(C)C)=C(C(=O)OCC)C1.Cl. The number of esters is 3. The van der Waals surface area contributed by atoms with Gasteiger partial charge in [0, 0.05) is 23.8 Å². The molecule has 186 valence electrons. The van der Waals surface area contributed by atoms with Gasteiger partial charge in [-0.2, -0.15) is 0 Å². The number of hydrogen-bond acceptors (Lipinski definition) is 7. The van der Waals surface area contributed by atoms with Crippen molar-refractivity contribution in [3.05, 3.63) is 58.3 Å². The van der Waals surface area contributed by atoms with E-state index in [0.29, 0.717) is 34.4 Å². The molecule has 2 rings (SSSR count). The minimum Gasteiger partial charge on any atom is -0.463 e. The van der Waals surface area contributed by atoms with Crippen LogP contribution in [0.1, 0.15) is 65.5 Å². The lowest BCUT2D eigenvalue weighted by Gasteiger charge is -2.23. The molecule has 1 aliphatic heterocycles. The van der Waals surface area contributed by atoms with Crippen LogP contribution in [-0.4, -0.2) is 36.7 Å². The molecule has 1 aliphatic rings. The molecule has 7 nitrogen and oxygen atoms in total. The summed E-state index contributed by atoms with van der Waals surface area (Å²) >= 11 is 0. The van der Waals surface area contributed by atoms with Gasteiger partial charge >= 0.3 is 17.9 Å². The maximum Gasteiger partial charge on any atom is 0.336 e. The van der Waals surface area contributed by atoms with E-state index in [1.807, 2.05) is 52.0 Å². The highest BCUT2D eigenvalue weighted by Gasteiger charge is 2.27. The molecule has 0 radical (unpaired) electrons. The predicted octanol–water partition coefficient (Wildman–Crippen LogP) is 4.96.